The van der Waals surface area contributed by atoms with E-state index in [9.17, 15) is 4.79 Å². The van der Waals surface area contributed by atoms with Gasteiger partial charge >= 0.3 is 0 Å². The van der Waals surface area contributed by atoms with Gasteiger partial charge in [0.15, 0.2) is 0 Å². The largest absolute Gasteiger partial charge is 0.328 e. The highest BCUT2D eigenvalue weighted by Crippen LogP contribution is 2.27. The van der Waals surface area contributed by atoms with Gasteiger partial charge in [-0.25, -0.2) is 0 Å². The van der Waals surface area contributed by atoms with E-state index in [2.05, 4.69) is 30.9 Å². The quantitative estimate of drug-likeness (QED) is 0.873. The second-order valence-electron chi connectivity index (χ2n) is 5.32. The van der Waals surface area contributed by atoms with Gasteiger partial charge in [0.1, 0.15) is 6.04 Å². The highest BCUT2D eigenvalue weighted by Gasteiger charge is 2.31. The van der Waals surface area contributed by atoms with Gasteiger partial charge in [0, 0.05) is 25.3 Å². The molecule has 4 nitrogen and oxygen atoms in total. The van der Waals surface area contributed by atoms with E-state index in [-0.39, 0.29) is 11.9 Å². The Morgan fingerprint density at radius 2 is 1.89 bits per heavy atom. The number of nitrogens with two attached hydrogens (primary N) is 1. The summed E-state index contributed by atoms with van der Waals surface area (Å²) in [5, 5.41) is 0. The van der Waals surface area contributed by atoms with Crippen LogP contribution >= 0.6 is 0 Å². The summed E-state index contributed by atoms with van der Waals surface area (Å²) in [6.45, 7) is 6.17. The van der Waals surface area contributed by atoms with Gasteiger partial charge < -0.3 is 10.6 Å². The molecule has 1 unspecified atom stereocenters. The maximum Gasteiger partial charge on any atom is 0.245 e. The van der Waals surface area contributed by atoms with E-state index < -0.39 is 0 Å². The molecule has 1 aliphatic rings. The minimum Gasteiger partial charge on any atom is -0.328 e. The molecule has 1 aromatic rings. The number of hydrogen-bond donors (Lipinski definition) is 1. The molecule has 1 fully saturated rings. The normalized spacial score (nSPS) is 21.6. The van der Waals surface area contributed by atoms with Crippen LogP contribution in [0.25, 0.3) is 0 Å². The summed E-state index contributed by atoms with van der Waals surface area (Å²) in [4.78, 5) is 16.7. The summed E-state index contributed by atoms with van der Waals surface area (Å²) in [5.74, 6) is 0.125. The second-order valence-corrected chi connectivity index (χ2v) is 5.32. The smallest absolute Gasteiger partial charge is 0.245 e. The monoisotopic (exact) mass is 261 g/mol. The molecule has 1 amide bonds. The molecule has 1 aromatic carbocycles. The molecule has 0 aliphatic carbocycles. The first-order valence-electron chi connectivity index (χ1n) is 6.84. The average molecular weight is 261 g/mol. The molecule has 1 heterocycles. The topological polar surface area (TPSA) is 49.6 Å². The molecule has 1 atom stereocenters. The number of likely N-dealkylation sites (N-methyl/N-ethyl adjacent to an activating group) is 1. The molecule has 0 radical (unpaired) electrons. The SMILES string of the molecule is Cc1cccc(C)c1N1CCCN(C)C(CN)C1=O. The third-order valence-electron chi connectivity index (χ3n) is 3.91. The minimum atomic E-state index is -0.207. The molecular formula is C15H23N3O. The van der Waals surface area contributed by atoms with Crippen molar-refractivity contribution in [3.8, 4) is 0 Å². The lowest BCUT2D eigenvalue weighted by Crippen LogP contribution is -2.49. The molecule has 0 spiro atoms. The number of anilines is 1. The lowest BCUT2D eigenvalue weighted by molar-refractivity contribution is -0.122. The van der Waals surface area contributed by atoms with Gasteiger partial charge in [-0.1, -0.05) is 18.2 Å². The van der Waals surface area contributed by atoms with Crippen LogP contribution in [-0.4, -0.2) is 43.5 Å². The van der Waals surface area contributed by atoms with Crippen molar-refractivity contribution in [3.63, 3.8) is 0 Å². The second kappa shape index (κ2) is 5.72. The number of rotatable bonds is 2. The minimum absolute atomic E-state index is 0.125. The van der Waals surface area contributed by atoms with E-state index in [1.54, 1.807) is 0 Å². The molecule has 4 heteroatoms. The van der Waals surface area contributed by atoms with E-state index in [0.29, 0.717) is 6.54 Å². The number of carbonyl (C=O) groups is 1. The Morgan fingerprint density at radius 3 is 2.47 bits per heavy atom. The van der Waals surface area contributed by atoms with Crippen LogP contribution in [0.1, 0.15) is 17.5 Å². The number of aryl methyl sites for hydroxylation is 2. The zero-order valence-electron chi connectivity index (χ0n) is 12.0. The number of para-hydroxylation sites is 1. The number of carbonyl (C=O) groups excluding carboxylic acids is 1. The van der Waals surface area contributed by atoms with E-state index >= 15 is 0 Å². The third kappa shape index (κ3) is 2.65. The number of nitrogens with zero attached hydrogens (tertiary/aromatic N) is 2. The first kappa shape index (κ1) is 14.0. The molecule has 19 heavy (non-hydrogen) atoms. The Balaban J connectivity index is 2.40. The lowest BCUT2D eigenvalue weighted by atomic mass is 10.1. The highest BCUT2D eigenvalue weighted by atomic mass is 16.2. The maximum atomic E-state index is 12.7. The van der Waals surface area contributed by atoms with Crippen molar-refractivity contribution < 1.29 is 4.79 Å². The molecule has 104 valence electrons. The average Bonchev–Trinajstić information content (AvgIpc) is 2.49. The van der Waals surface area contributed by atoms with Crippen LogP contribution < -0.4 is 10.6 Å². The fourth-order valence-electron chi connectivity index (χ4n) is 2.85. The summed E-state index contributed by atoms with van der Waals surface area (Å²) in [6, 6.07) is 5.94. The molecule has 0 bridgehead atoms. The van der Waals surface area contributed by atoms with Crippen molar-refractivity contribution in [3.05, 3.63) is 29.3 Å². The Kier molecular flexibility index (Phi) is 4.22. The van der Waals surface area contributed by atoms with Crippen molar-refractivity contribution in [2.75, 3.05) is 31.6 Å². The van der Waals surface area contributed by atoms with Gasteiger partial charge in [0.05, 0.1) is 0 Å². The van der Waals surface area contributed by atoms with Crippen LogP contribution in [-0.2, 0) is 4.79 Å². The summed E-state index contributed by atoms with van der Waals surface area (Å²) >= 11 is 0. The van der Waals surface area contributed by atoms with Crippen molar-refractivity contribution in [2.24, 2.45) is 5.73 Å². The van der Waals surface area contributed by atoms with E-state index in [4.69, 9.17) is 5.73 Å². The van der Waals surface area contributed by atoms with Crippen molar-refractivity contribution >= 4 is 11.6 Å². The molecule has 2 rings (SSSR count). The Labute approximate surface area is 115 Å². The van der Waals surface area contributed by atoms with Gasteiger partial charge in [0.2, 0.25) is 5.91 Å². The number of benzene rings is 1. The van der Waals surface area contributed by atoms with Crippen LogP contribution in [0.3, 0.4) is 0 Å². The van der Waals surface area contributed by atoms with Crippen LogP contribution in [0.2, 0.25) is 0 Å². The van der Waals surface area contributed by atoms with Gasteiger partial charge in [-0.05, 0) is 38.4 Å². The molecular weight excluding hydrogens is 238 g/mol. The molecule has 1 saturated heterocycles. The Morgan fingerprint density at radius 1 is 1.26 bits per heavy atom. The summed E-state index contributed by atoms with van der Waals surface area (Å²) < 4.78 is 0. The fraction of sp³-hybridized carbons (Fsp3) is 0.533. The van der Waals surface area contributed by atoms with Crippen molar-refractivity contribution in [1.29, 1.82) is 0 Å². The number of amides is 1. The van der Waals surface area contributed by atoms with Crippen LogP contribution in [0, 0.1) is 13.8 Å². The van der Waals surface area contributed by atoms with E-state index in [1.165, 1.54) is 0 Å². The van der Waals surface area contributed by atoms with E-state index in [0.717, 1.165) is 36.3 Å². The Hall–Kier alpha value is -1.39. The van der Waals surface area contributed by atoms with Crippen molar-refractivity contribution in [1.82, 2.24) is 4.90 Å². The predicted octanol–water partition coefficient (Wildman–Crippen LogP) is 1.30. The highest BCUT2D eigenvalue weighted by molar-refractivity contribution is 5.98. The van der Waals surface area contributed by atoms with Gasteiger partial charge in [-0.2, -0.15) is 0 Å². The van der Waals surface area contributed by atoms with Crippen molar-refractivity contribution in [2.45, 2.75) is 26.3 Å². The first-order valence-corrected chi connectivity index (χ1v) is 6.84. The zero-order chi connectivity index (χ0) is 14.0. The molecule has 0 aromatic heterocycles. The predicted molar refractivity (Wildman–Crippen MR) is 78.4 cm³/mol. The van der Waals surface area contributed by atoms with Crippen LogP contribution in [0.4, 0.5) is 5.69 Å². The standard InChI is InChI=1S/C15H23N3O/c1-11-6-4-7-12(2)14(11)18-9-5-8-17(3)13(10-16)15(18)19/h4,6-7,13H,5,8-10,16H2,1-3H3. The molecule has 1 aliphatic heterocycles. The van der Waals surface area contributed by atoms with Gasteiger partial charge in [-0.15, -0.1) is 0 Å². The number of hydrogen-bond acceptors (Lipinski definition) is 3. The third-order valence-corrected chi connectivity index (χ3v) is 3.91. The first-order chi connectivity index (χ1) is 9.06. The Bertz CT molecular complexity index is 452. The van der Waals surface area contributed by atoms with Crippen LogP contribution in [0.5, 0.6) is 0 Å². The maximum absolute atomic E-state index is 12.7. The summed E-state index contributed by atoms with van der Waals surface area (Å²) in [6.07, 6.45) is 0.979. The zero-order valence-corrected chi connectivity index (χ0v) is 12.0. The summed E-state index contributed by atoms with van der Waals surface area (Å²) in [5.41, 5.74) is 9.13. The lowest BCUT2D eigenvalue weighted by Gasteiger charge is -2.29. The van der Waals surface area contributed by atoms with Crippen LogP contribution in [0.15, 0.2) is 18.2 Å². The fourth-order valence-corrected chi connectivity index (χ4v) is 2.85. The molecule has 2 N–H and O–H groups in total. The summed E-state index contributed by atoms with van der Waals surface area (Å²) in [7, 11) is 1.98. The van der Waals surface area contributed by atoms with Gasteiger partial charge in [0.25, 0.3) is 0 Å². The molecule has 0 saturated carbocycles. The van der Waals surface area contributed by atoms with Gasteiger partial charge in [-0.3, -0.25) is 9.69 Å². The van der Waals surface area contributed by atoms with E-state index in [1.807, 2.05) is 18.0 Å².